The molecular weight excluding hydrogens is 304 g/mol. The van der Waals surface area contributed by atoms with E-state index in [1.54, 1.807) is 18.2 Å². The van der Waals surface area contributed by atoms with Gasteiger partial charge in [-0.3, -0.25) is 9.69 Å². The van der Waals surface area contributed by atoms with E-state index in [0.29, 0.717) is 25.3 Å². The summed E-state index contributed by atoms with van der Waals surface area (Å²) in [5.41, 5.74) is 0.522. The number of carbonyl (C=O) groups is 1. The SMILES string of the molecule is O=C1CN(Cc2cn(CC(F)(F)c3ccccc3)nn2)CCN1. The second-order valence-corrected chi connectivity index (χ2v) is 5.54. The van der Waals surface area contributed by atoms with Crippen LogP contribution in [0.1, 0.15) is 11.3 Å². The zero-order valence-corrected chi connectivity index (χ0v) is 12.5. The molecule has 0 aliphatic carbocycles. The van der Waals surface area contributed by atoms with E-state index >= 15 is 0 Å². The van der Waals surface area contributed by atoms with Crippen LogP contribution in [0.3, 0.4) is 0 Å². The van der Waals surface area contributed by atoms with Gasteiger partial charge in [-0.15, -0.1) is 5.10 Å². The molecule has 1 aliphatic heterocycles. The molecule has 2 heterocycles. The van der Waals surface area contributed by atoms with Gasteiger partial charge in [-0.25, -0.2) is 4.68 Å². The van der Waals surface area contributed by atoms with Crippen LogP contribution >= 0.6 is 0 Å². The third kappa shape index (κ3) is 3.89. The molecule has 1 aromatic heterocycles. The Kier molecular flexibility index (Phi) is 4.33. The van der Waals surface area contributed by atoms with Crippen molar-refractivity contribution in [1.29, 1.82) is 0 Å². The lowest BCUT2D eigenvalue weighted by Crippen LogP contribution is -2.47. The Morgan fingerprint density at radius 1 is 1.26 bits per heavy atom. The molecule has 23 heavy (non-hydrogen) atoms. The Bertz CT molecular complexity index is 674. The van der Waals surface area contributed by atoms with Crippen molar-refractivity contribution in [2.24, 2.45) is 0 Å². The van der Waals surface area contributed by atoms with Crippen molar-refractivity contribution >= 4 is 5.91 Å². The Hall–Kier alpha value is -2.35. The van der Waals surface area contributed by atoms with Crippen LogP contribution < -0.4 is 5.32 Å². The Morgan fingerprint density at radius 3 is 2.78 bits per heavy atom. The molecule has 1 amide bonds. The van der Waals surface area contributed by atoms with E-state index in [2.05, 4.69) is 15.6 Å². The van der Waals surface area contributed by atoms with Crippen LogP contribution in [0.4, 0.5) is 8.78 Å². The van der Waals surface area contributed by atoms with Gasteiger partial charge in [0.15, 0.2) is 0 Å². The average molecular weight is 321 g/mol. The molecule has 8 heteroatoms. The van der Waals surface area contributed by atoms with Gasteiger partial charge in [0.05, 0.1) is 18.4 Å². The largest absolute Gasteiger partial charge is 0.354 e. The third-order valence-corrected chi connectivity index (χ3v) is 3.65. The Labute approximate surface area is 132 Å². The normalized spacial score (nSPS) is 16.3. The monoisotopic (exact) mass is 321 g/mol. The molecule has 0 spiro atoms. The fraction of sp³-hybridized carbons (Fsp3) is 0.400. The number of piperazine rings is 1. The summed E-state index contributed by atoms with van der Waals surface area (Å²) in [4.78, 5) is 13.2. The van der Waals surface area contributed by atoms with E-state index in [4.69, 9.17) is 0 Å². The average Bonchev–Trinajstić information content (AvgIpc) is 2.94. The maximum Gasteiger partial charge on any atom is 0.292 e. The number of carbonyl (C=O) groups excluding carboxylic acids is 1. The van der Waals surface area contributed by atoms with Gasteiger partial charge in [-0.1, -0.05) is 35.5 Å². The van der Waals surface area contributed by atoms with Gasteiger partial charge < -0.3 is 5.32 Å². The summed E-state index contributed by atoms with van der Waals surface area (Å²) in [5, 5.41) is 10.4. The smallest absolute Gasteiger partial charge is 0.292 e. The molecule has 1 aromatic carbocycles. The first-order valence-corrected chi connectivity index (χ1v) is 7.34. The molecule has 0 bridgehead atoms. The van der Waals surface area contributed by atoms with E-state index in [-0.39, 0.29) is 18.0 Å². The van der Waals surface area contributed by atoms with Crippen molar-refractivity contribution in [2.75, 3.05) is 19.6 Å². The molecule has 0 unspecified atom stereocenters. The van der Waals surface area contributed by atoms with E-state index < -0.39 is 12.5 Å². The molecule has 0 radical (unpaired) electrons. The van der Waals surface area contributed by atoms with Crippen LogP contribution in [0.2, 0.25) is 0 Å². The highest BCUT2D eigenvalue weighted by Crippen LogP contribution is 2.29. The third-order valence-electron chi connectivity index (χ3n) is 3.65. The fourth-order valence-electron chi connectivity index (χ4n) is 2.52. The van der Waals surface area contributed by atoms with Crippen LogP contribution in [0.15, 0.2) is 36.5 Å². The number of alkyl halides is 2. The van der Waals surface area contributed by atoms with Crippen molar-refractivity contribution in [2.45, 2.75) is 19.0 Å². The summed E-state index contributed by atoms with van der Waals surface area (Å²) in [5.74, 6) is -3.06. The first kappa shape index (κ1) is 15.5. The van der Waals surface area contributed by atoms with Crippen molar-refractivity contribution in [1.82, 2.24) is 25.2 Å². The van der Waals surface area contributed by atoms with E-state index in [1.165, 1.54) is 18.3 Å². The molecule has 3 rings (SSSR count). The molecule has 1 aliphatic rings. The lowest BCUT2D eigenvalue weighted by molar-refractivity contribution is -0.124. The van der Waals surface area contributed by atoms with E-state index in [0.717, 1.165) is 4.68 Å². The molecule has 1 saturated heterocycles. The van der Waals surface area contributed by atoms with Crippen LogP contribution in [-0.2, 0) is 23.8 Å². The molecule has 2 aromatic rings. The number of halogens is 2. The standard InChI is InChI=1S/C15H17F2N5O/c16-15(17,12-4-2-1-3-5-12)11-22-9-13(19-20-22)8-21-7-6-18-14(23)10-21/h1-5,9H,6-8,10-11H2,(H,18,23). The highest BCUT2D eigenvalue weighted by molar-refractivity contribution is 5.78. The molecular formula is C15H17F2N5O. The van der Waals surface area contributed by atoms with Gasteiger partial charge in [0.1, 0.15) is 6.54 Å². The summed E-state index contributed by atoms with van der Waals surface area (Å²) in [6.45, 7) is 1.43. The molecule has 122 valence electrons. The number of hydrogen-bond donors (Lipinski definition) is 1. The second-order valence-electron chi connectivity index (χ2n) is 5.54. The highest BCUT2D eigenvalue weighted by atomic mass is 19.3. The molecule has 1 N–H and O–H groups in total. The predicted molar refractivity (Wildman–Crippen MR) is 78.6 cm³/mol. The number of nitrogens with zero attached hydrogens (tertiary/aromatic N) is 4. The quantitative estimate of drug-likeness (QED) is 0.892. The van der Waals surface area contributed by atoms with Crippen LogP contribution in [0.25, 0.3) is 0 Å². The first-order chi connectivity index (χ1) is 11.0. The van der Waals surface area contributed by atoms with Crippen LogP contribution in [-0.4, -0.2) is 45.4 Å². The van der Waals surface area contributed by atoms with Crippen LogP contribution in [0.5, 0.6) is 0 Å². The maximum atomic E-state index is 14.2. The number of nitrogens with one attached hydrogen (secondary N) is 1. The zero-order valence-electron chi connectivity index (χ0n) is 12.5. The second kappa shape index (κ2) is 6.41. The van der Waals surface area contributed by atoms with Gasteiger partial charge in [0.2, 0.25) is 5.91 Å². The number of aromatic nitrogens is 3. The van der Waals surface area contributed by atoms with E-state index in [9.17, 15) is 13.6 Å². The minimum absolute atomic E-state index is 0.0424. The number of benzene rings is 1. The topological polar surface area (TPSA) is 63.1 Å². The van der Waals surface area contributed by atoms with Crippen molar-refractivity contribution < 1.29 is 13.6 Å². The Morgan fingerprint density at radius 2 is 2.04 bits per heavy atom. The van der Waals surface area contributed by atoms with Gasteiger partial charge in [-0.05, 0) is 0 Å². The molecule has 0 saturated carbocycles. The minimum Gasteiger partial charge on any atom is -0.354 e. The Balaban J connectivity index is 1.64. The number of rotatable bonds is 5. The predicted octanol–water partition coefficient (Wildman–Crippen LogP) is 1.00. The summed E-state index contributed by atoms with van der Waals surface area (Å²) >= 11 is 0. The summed E-state index contributed by atoms with van der Waals surface area (Å²) in [6, 6.07) is 7.64. The van der Waals surface area contributed by atoms with Gasteiger partial charge in [0.25, 0.3) is 5.92 Å². The van der Waals surface area contributed by atoms with Gasteiger partial charge in [-0.2, -0.15) is 8.78 Å². The molecule has 0 atom stereocenters. The van der Waals surface area contributed by atoms with Gasteiger partial charge in [0, 0.05) is 25.2 Å². The summed E-state index contributed by atoms with van der Waals surface area (Å²) in [6.07, 6.45) is 1.50. The van der Waals surface area contributed by atoms with E-state index in [1.807, 2.05) is 4.90 Å². The van der Waals surface area contributed by atoms with Crippen molar-refractivity contribution in [3.63, 3.8) is 0 Å². The number of hydrogen-bond acceptors (Lipinski definition) is 4. The highest BCUT2D eigenvalue weighted by Gasteiger charge is 2.32. The summed E-state index contributed by atoms with van der Waals surface area (Å²) in [7, 11) is 0. The first-order valence-electron chi connectivity index (χ1n) is 7.34. The maximum absolute atomic E-state index is 14.2. The summed E-state index contributed by atoms with van der Waals surface area (Å²) < 4.78 is 29.6. The lowest BCUT2D eigenvalue weighted by atomic mass is 10.1. The lowest BCUT2D eigenvalue weighted by Gasteiger charge is -2.25. The van der Waals surface area contributed by atoms with Crippen molar-refractivity contribution in [3.05, 3.63) is 47.8 Å². The molecule has 1 fully saturated rings. The van der Waals surface area contributed by atoms with Crippen LogP contribution in [0, 0.1) is 0 Å². The zero-order chi connectivity index (χ0) is 16.3. The minimum atomic E-state index is -3.02. The molecule has 6 nitrogen and oxygen atoms in total. The fourth-order valence-corrected chi connectivity index (χ4v) is 2.52. The number of amides is 1. The van der Waals surface area contributed by atoms with Gasteiger partial charge >= 0.3 is 0 Å². The van der Waals surface area contributed by atoms with Crippen molar-refractivity contribution in [3.8, 4) is 0 Å².